The topological polar surface area (TPSA) is 92.9 Å². The van der Waals surface area contributed by atoms with Crippen LogP contribution in [0.15, 0.2) is 34.7 Å². The van der Waals surface area contributed by atoms with Crippen LogP contribution < -0.4 is 0 Å². The summed E-state index contributed by atoms with van der Waals surface area (Å²) in [5.74, 6) is -0.654. The number of oxazole rings is 1. The van der Waals surface area contributed by atoms with Gasteiger partial charge in [-0.15, -0.1) is 0 Å². The smallest absolute Gasteiger partial charge is 0.334 e. The van der Waals surface area contributed by atoms with Gasteiger partial charge in [-0.05, 0) is 0 Å². The van der Waals surface area contributed by atoms with Gasteiger partial charge in [-0.2, -0.15) is 0 Å². The summed E-state index contributed by atoms with van der Waals surface area (Å²) >= 11 is 0. The van der Waals surface area contributed by atoms with Crippen molar-refractivity contribution < 1.29 is 23.8 Å². The zero-order valence-corrected chi connectivity index (χ0v) is 12.6. The number of amides is 1. The zero-order chi connectivity index (χ0) is 16.4. The highest BCUT2D eigenvalue weighted by Crippen LogP contribution is 2.26. The summed E-state index contributed by atoms with van der Waals surface area (Å²) in [5, 5.41) is 9.05. The Morgan fingerprint density at radius 3 is 2.74 bits per heavy atom. The number of carboxylic acid groups (broad SMARTS) is 1. The van der Waals surface area contributed by atoms with Gasteiger partial charge in [0, 0.05) is 19.0 Å². The van der Waals surface area contributed by atoms with E-state index in [1.165, 1.54) is 4.90 Å². The lowest BCUT2D eigenvalue weighted by molar-refractivity contribution is -0.154. The van der Waals surface area contributed by atoms with Crippen LogP contribution in [0.2, 0.25) is 0 Å². The summed E-state index contributed by atoms with van der Waals surface area (Å²) in [4.78, 5) is 29.4. The number of carbonyl (C=O) groups excluding carboxylic acids is 1. The molecule has 1 fully saturated rings. The molecule has 23 heavy (non-hydrogen) atoms. The average Bonchev–Trinajstić information content (AvgIpc) is 2.97. The molecular weight excluding hydrogens is 300 g/mol. The number of morpholine rings is 1. The van der Waals surface area contributed by atoms with E-state index in [9.17, 15) is 9.59 Å². The fourth-order valence-electron chi connectivity index (χ4n) is 2.49. The van der Waals surface area contributed by atoms with Gasteiger partial charge in [0.1, 0.15) is 0 Å². The zero-order valence-electron chi connectivity index (χ0n) is 12.6. The number of aromatic nitrogens is 1. The highest BCUT2D eigenvalue weighted by atomic mass is 16.5. The van der Waals surface area contributed by atoms with E-state index in [0.29, 0.717) is 18.2 Å². The summed E-state index contributed by atoms with van der Waals surface area (Å²) in [6.07, 6.45) is -1.01. The molecule has 1 amide bonds. The fourth-order valence-corrected chi connectivity index (χ4v) is 2.49. The summed E-state index contributed by atoms with van der Waals surface area (Å²) in [6.45, 7) is 2.17. The molecule has 1 atom stereocenters. The minimum absolute atomic E-state index is 0.00565. The number of benzene rings is 1. The second-order valence-corrected chi connectivity index (χ2v) is 5.23. The van der Waals surface area contributed by atoms with Gasteiger partial charge in [0.2, 0.25) is 0 Å². The molecule has 120 valence electrons. The molecule has 1 aromatic heterocycles. The van der Waals surface area contributed by atoms with Crippen molar-refractivity contribution in [3.63, 3.8) is 0 Å². The molecule has 0 saturated carbocycles. The molecular formula is C16H16N2O5. The van der Waals surface area contributed by atoms with Crippen LogP contribution in [0.1, 0.15) is 16.4 Å². The molecule has 3 rings (SSSR count). The van der Waals surface area contributed by atoms with Crippen molar-refractivity contribution in [3.05, 3.63) is 41.9 Å². The molecule has 2 aromatic rings. The number of rotatable bonds is 3. The molecule has 0 radical (unpaired) electrons. The second-order valence-electron chi connectivity index (χ2n) is 5.23. The highest BCUT2D eigenvalue weighted by Gasteiger charge is 2.32. The Labute approximate surface area is 132 Å². The van der Waals surface area contributed by atoms with Gasteiger partial charge in [0.25, 0.3) is 5.91 Å². The summed E-state index contributed by atoms with van der Waals surface area (Å²) in [7, 11) is 0. The van der Waals surface area contributed by atoms with Crippen LogP contribution in [0, 0.1) is 6.92 Å². The van der Waals surface area contributed by atoms with E-state index in [1.807, 2.05) is 30.3 Å². The standard InChI is InChI=1S/C16H16N2O5/c1-10-17-13(14(23-10)11-5-3-2-4-6-11)15(19)18-7-8-22-12(9-18)16(20)21/h2-6,12H,7-9H2,1H3,(H,20,21). The lowest BCUT2D eigenvalue weighted by atomic mass is 10.1. The van der Waals surface area contributed by atoms with Crippen LogP contribution in [-0.4, -0.2) is 52.7 Å². The molecule has 0 spiro atoms. The number of carbonyl (C=O) groups is 2. The van der Waals surface area contributed by atoms with E-state index in [-0.39, 0.29) is 24.8 Å². The monoisotopic (exact) mass is 316 g/mol. The summed E-state index contributed by atoms with van der Waals surface area (Å²) < 4.78 is 10.7. The fraction of sp³-hybridized carbons (Fsp3) is 0.312. The van der Waals surface area contributed by atoms with Crippen LogP contribution >= 0.6 is 0 Å². The molecule has 2 heterocycles. The normalized spacial score (nSPS) is 18.0. The van der Waals surface area contributed by atoms with E-state index in [0.717, 1.165) is 5.56 Å². The molecule has 7 nitrogen and oxygen atoms in total. The van der Waals surface area contributed by atoms with E-state index in [1.54, 1.807) is 6.92 Å². The first kappa shape index (κ1) is 15.2. The Bertz CT molecular complexity index is 725. The Morgan fingerprint density at radius 1 is 1.30 bits per heavy atom. The van der Waals surface area contributed by atoms with Crippen molar-refractivity contribution in [2.24, 2.45) is 0 Å². The molecule has 1 N–H and O–H groups in total. The minimum atomic E-state index is -1.08. The largest absolute Gasteiger partial charge is 0.479 e. The maximum atomic E-state index is 12.7. The lowest BCUT2D eigenvalue weighted by Gasteiger charge is -2.30. The van der Waals surface area contributed by atoms with Crippen molar-refractivity contribution in [2.45, 2.75) is 13.0 Å². The predicted molar refractivity (Wildman–Crippen MR) is 80.0 cm³/mol. The molecule has 1 saturated heterocycles. The van der Waals surface area contributed by atoms with E-state index in [4.69, 9.17) is 14.3 Å². The predicted octanol–water partition coefficient (Wildman–Crippen LogP) is 1.58. The van der Waals surface area contributed by atoms with Crippen LogP contribution in [0.4, 0.5) is 0 Å². The quantitative estimate of drug-likeness (QED) is 0.924. The van der Waals surface area contributed by atoms with Crippen molar-refractivity contribution in [1.82, 2.24) is 9.88 Å². The minimum Gasteiger partial charge on any atom is -0.479 e. The number of aliphatic carboxylic acids is 1. The number of nitrogens with zero attached hydrogens (tertiary/aromatic N) is 2. The third-order valence-electron chi connectivity index (χ3n) is 3.60. The van der Waals surface area contributed by atoms with Gasteiger partial charge in [-0.3, -0.25) is 4.79 Å². The van der Waals surface area contributed by atoms with Crippen molar-refractivity contribution in [2.75, 3.05) is 19.7 Å². The number of carboxylic acids is 1. The van der Waals surface area contributed by atoms with Gasteiger partial charge in [-0.1, -0.05) is 30.3 Å². The molecule has 0 aliphatic carbocycles. The van der Waals surface area contributed by atoms with E-state index in [2.05, 4.69) is 4.98 Å². The SMILES string of the molecule is Cc1nc(C(=O)N2CCOC(C(=O)O)C2)c(-c2ccccc2)o1. The Hall–Kier alpha value is -2.67. The van der Waals surface area contributed by atoms with Gasteiger partial charge in [0.05, 0.1) is 13.2 Å². The first-order valence-corrected chi connectivity index (χ1v) is 7.23. The average molecular weight is 316 g/mol. The first-order chi connectivity index (χ1) is 11.1. The van der Waals surface area contributed by atoms with Gasteiger partial charge >= 0.3 is 5.97 Å². The Morgan fingerprint density at radius 2 is 2.04 bits per heavy atom. The van der Waals surface area contributed by atoms with Crippen molar-refractivity contribution in [3.8, 4) is 11.3 Å². The number of hydrogen-bond acceptors (Lipinski definition) is 5. The molecule has 1 aliphatic heterocycles. The first-order valence-electron chi connectivity index (χ1n) is 7.23. The van der Waals surface area contributed by atoms with Crippen LogP contribution in [0.5, 0.6) is 0 Å². The maximum Gasteiger partial charge on any atom is 0.334 e. The maximum absolute atomic E-state index is 12.7. The van der Waals surface area contributed by atoms with Crippen LogP contribution in [-0.2, 0) is 9.53 Å². The molecule has 0 bridgehead atoms. The molecule has 1 aromatic carbocycles. The molecule has 1 unspecified atom stereocenters. The third-order valence-corrected chi connectivity index (χ3v) is 3.60. The highest BCUT2D eigenvalue weighted by molar-refractivity contribution is 5.98. The van der Waals surface area contributed by atoms with Crippen LogP contribution in [0.3, 0.4) is 0 Å². The number of hydrogen-bond donors (Lipinski definition) is 1. The van der Waals surface area contributed by atoms with E-state index < -0.39 is 12.1 Å². The second kappa shape index (κ2) is 6.21. The van der Waals surface area contributed by atoms with Crippen molar-refractivity contribution in [1.29, 1.82) is 0 Å². The van der Waals surface area contributed by atoms with Crippen LogP contribution in [0.25, 0.3) is 11.3 Å². The van der Waals surface area contributed by atoms with Gasteiger partial charge < -0.3 is 19.2 Å². The number of ether oxygens (including phenoxy) is 1. The lowest BCUT2D eigenvalue weighted by Crippen LogP contribution is -2.48. The van der Waals surface area contributed by atoms with Crippen molar-refractivity contribution >= 4 is 11.9 Å². The summed E-state index contributed by atoms with van der Waals surface area (Å²) in [5.41, 5.74) is 0.944. The Balaban J connectivity index is 1.90. The van der Waals surface area contributed by atoms with Gasteiger partial charge in [-0.25, -0.2) is 9.78 Å². The Kier molecular flexibility index (Phi) is 4.12. The van der Waals surface area contributed by atoms with Gasteiger partial charge in [0.15, 0.2) is 23.4 Å². The number of aryl methyl sites for hydroxylation is 1. The third kappa shape index (κ3) is 3.09. The van der Waals surface area contributed by atoms with E-state index >= 15 is 0 Å². The molecule has 7 heteroatoms. The molecule has 1 aliphatic rings. The summed E-state index contributed by atoms with van der Waals surface area (Å²) in [6, 6.07) is 9.22.